The van der Waals surface area contributed by atoms with E-state index in [1.807, 2.05) is 30.2 Å². The van der Waals surface area contributed by atoms with E-state index in [1.165, 1.54) is 6.42 Å². The number of hydrogen-bond acceptors (Lipinski definition) is 7. The van der Waals surface area contributed by atoms with Crippen molar-refractivity contribution in [3.63, 3.8) is 0 Å². The van der Waals surface area contributed by atoms with Crippen LogP contribution in [0.5, 0.6) is 0 Å². The first-order chi connectivity index (χ1) is 15.6. The van der Waals surface area contributed by atoms with Crippen LogP contribution in [-0.2, 0) is 0 Å². The Hall–Kier alpha value is -3.49. The van der Waals surface area contributed by atoms with E-state index < -0.39 is 0 Å². The largest absolute Gasteiger partial charge is 0.384 e. The first kappa shape index (κ1) is 20.4. The Morgan fingerprint density at radius 1 is 1.16 bits per heavy atom. The number of aromatic amines is 1. The maximum Gasteiger partial charge on any atom is 0.272 e. The Morgan fingerprint density at radius 2 is 2.00 bits per heavy atom. The fourth-order valence-electron chi connectivity index (χ4n) is 4.69. The highest BCUT2D eigenvalue weighted by Gasteiger charge is 2.31. The number of carbonyl (C=O) groups is 1. The molecule has 2 aliphatic heterocycles. The number of pyridine rings is 1. The zero-order chi connectivity index (χ0) is 22.1. The third kappa shape index (κ3) is 4.02. The van der Waals surface area contributed by atoms with E-state index >= 15 is 0 Å². The van der Waals surface area contributed by atoms with Gasteiger partial charge in [-0.3, -0.25) is 9.89 Å². The van der Waals surface area contributed by atoms with E-state index in [0.29, 0.717) is 30.5 Å². The first-order valence-electron chi connectivity index (χ1n) is 11.2. The minimum atomic E-state index is -0.0366. The molecule has 0 radical (unpaired) electrons. The molecular weight excluding hydrogens is 404 g/mol. The number of H-pyrrole nitrogens is 1. The molecular formula is C23H28N8O. The molecule has 1 atom stereocenters. The molecule has 3 aromatic heterocycles. The van der Waals surface area contributed by atoms with Gasteiger partial charge in [0.25, 0.3) is 5.91 Å². The van der Waals surface area contributed by atoms with E-state index in [9.17, 15) is 4.79 Å². The Kier molecular flexibility index (Phi) is 5.46. The van der Waals surface area contributed by atoms with E-state index in [1.54, 1.807) is 12.3 Å². The van der Waals surface area contributed by atoms with Gasteiger partial charge < -0.3 is 15.5 Å². The lowest BCUT2D eigenvalue weighted by molar-refractivity contribution is 0.0784. The second-order valence-corrected chi connectivity index (χ2v) is 8.65. The van der Waals surface area contributed by atoms with Crippen LogP contribution in [0.3, 0.4) is 0 Å². The molecule has 2 aliphatic rings. The molecule has 9 heteroatoms. The summed E-state index contributed by atoms with van der Waals surface area (Å²) in [4.78, 5) is 30.7. The SMILES string of the molecule is Cc1cc(C(=O)N2CCC(c3[nH]ncc3-c3ccnc(N)c3)C2)nc(N2CCCCC2)n1. The normalized spacial score (nSPS) is 18.8. The number of hydrogen-bond donors (Lipinski definition) is 2. The summed E-state index contributed by atoms with van der Waals surface area (Å²) in [6.07, 6.45) is 7.90. The number of rotatable bonds is 4. The molecule has 32 heavy (non-hydrogen) atoms. The number of nitrogen functional groups attached to an aromatic ring is 1. The smallest absolute Gasteiger partial charge is 0.272 e. The second-order valence-electron chi connectivity index (χ2n) is 8.65. The van der Waals surface area contributed by atoms with Crippen LogP contribution in [0.2, 0.25) is 0 Å². The van der Waals surface area contributed by atoms with Crippen LogP contribution in [-0.4, -0.2) is 62.1 Å². The van der Waals surface area contributed by atoms with Crippen molar-refractivity contribution in [1.29, 1.82) is 0 Å². The topological polar surface area (TPSA) is 117 Å². The van der Waals surface area contributed by atoms with Gasteiger partial charge >= 0.3 is 0 Å². The van der Waals surface area contributed by atoms with Crippen molar-refractivity contribution >= 4 is 17.7 Å². The van der Waals surface area contributed by atoms with Gasteiger partial charge in [-0.25, -0.2) is 15.0 Å². The van der Waals surface area contributed by atoms with Gasteiger partial charge in [0.1, 0.15) is 11.5 Å². The van der Waals surface area contributed by atoms with Crippen molar-refractivity contribution < 1.29 is 4.79 Å². The number of amides is 1. The third-order valence-electron chi connectivity index (χ3n) is 6.35. The fraction of sp³-hybridized carbons (Fsp3) is 0.435. The molecule has 5 rings (SSSR count). The molecule has 9 nitrogen and oxygen atoms in total. The summed E-state index contributed by atoms with van der Waals surface area (Å²) >= 11 is 0. The van der Waals surface area contributed by atoms with Crippen molar-refractivity contribution in [2.45, 2.75) is 38.5 Å². The van der Waals surface area contributed by atoms with Crippen LogP contribution in [0, 0.1) is 6.92 Å². The van der Waals surface area contributed by atoms with Gasteiger partial charge in [-0.2, -0.15) is 5.10 Å². The van der Waals surface area contributed by atoms with Gasteiger partial charge in [0.05, 0.1) is 6.20 Å². The van der Waals surface area contributed by atoms with E-state index in [2.05, 4.69) is 30.0 Å². The average Bonchev–Trinajstić information content (AvgIpc) is 3.48. The number of aromatic nitrogens is 5. The highest BCUT2D eigenvalue weighted by molar-refractivity contribution is 5.93. The highest BCUT2D eigenvalue weighted by atomic mass is 16.2. The Labute approximate surface area is 187 Å². The van der Waals surface area contributed by atoms with E-state index in [-0.39, 0.29) is 11.8 Å². The van der Waals surface area contributed by atoms with Gasteiger partial charge in [-0.1, -0.05) is 0 Å². The molecule has 2 fully saturated rings. The lowest BCUT2D eigenvalue weighted by Crippen LogP contribution is -2.33. The van der Waals surface area contributed by atoms with E-state index in [0.717, 1.165) is 54.9 Å². The maximum atomic E-state index is 13.3. The van der Waals surface area contributed by atoms with Crippen molar-refractivity contribution in [3.8, 4) is 11.1 Å². The lowest BCUT2D eigenvalue weighted by Gasteiger charge is -2.27. The summed E-state index contributed by atoms with van der Waals surface area (Å²) in [7, 11) is 0. The zero-order valence-corrected chi connectivity index (χ0v) is 18.3. The Morgan fingerprint density at radius 3 is 2.81 bits per heavy atom. The van der Waals surface area contributed by atoms with E-state index in [4.69, 9.17) is 5.73 Å². The Balaban J connectivity index is 1.34. The molecule has 1 amide bonds. The van der Waals surface area contributed by atoms with Crippen molar-refractivity contribution in [2.75, 3.05) is 36.8 Å². The van der Waals surface area contributed by atoms with Crippen LogP contribution in [0.15, 0.2) is 30.6 Å². The minimum Gasteiger partial charge on any atom is -0.384 e. The molecule has 166 valence electrons. The molecule has 3 aromatic rings. The summed E-state index contributed by atoms with van der Waals surface area (Å²) in [6, 6.07) is 5.57. The molecule has 3 N–H and O–H groups in total. The van der Waals surface area contributed by atoms with Crippen LogP contribution >= 0.6 is 0 Å². The van der Waals surface area contributed by atoms with Gasteiger partial charge in [0.15, 0.2) is 0 Å². The van der Waals surface area contributed by atoms with Gasteiger partial charge in [-0.15, -0.1) is 0 Å². The first-order valence-corrected chi connectivity index (χ1v) is 11.2. The fourth-order valence-corrected chi connectivity index (χ4v) is 4.69. The predicted octanol–water partition coefficient (Wildman–Crippen LogP) is 2.77. The summed E-state index contributed by atoms with van der Waals surface area (Å²) < 4.78 is 0. The molecule has 0 saturated carbocycles. The number of aryl methyl sites for hydroxylation is 1. The minimum absolute atomic E-state index is 0.0366. The molecule has 1 unspecified atom stereocenters. The van der Waals surface area contributed by atoms with Gasteiger partial charge in [0.2, 0.25) is 5.95 Å². The summed E-state index contributed by atoms with van der Waals surface area (Å²) in [6.45, 7) is 5.13. The van der Waals surface area contributed by atoms with Crippen molar-refractivity contribution in [1.82, 2.24) is 30.0 Å². The molecule has 2 saturated heterocycles. The lowest BCUT2D eigenvalue weighted by atomic mass is 9.97. The number of carbonyl (C=O) groups excluding carboxylic acids is 1. The molecule has 0 spiro atoms. The quantitative estimate of drug-likeness (QED) is 0.651. The second kappa shape index (κ2) is 8.57. The average molecular weight is 433 g/mol. The number of nitrogens with two attached hydrogens (primary N) is 1. The van der Waals surface area contributed by atoms with Crippen LogP contribution in [0.25, 0.3) is 11.1 Å². The van der Waals surface area contributed by atoms with Crippen molar-refractivity contribution in [3.05, 3.63) is 47.7 Å². The Bertz CT molecular complexity index is 1120. The number of likely N-dealkylation sites (tertiary alicyclic amines) is 1. The number of piperidine rings is 1. The number of nitrogens with zero attached hydrogens (tertiary/aromatic N) is 6. The standard InChI is InChI=1S/C23H28N8O/c1-15-11-19(28-23(27-15)30-8-3-2-4-9-30)22(32)31-10-6-17(14-31)21-18(13-26-29-21)16-5-7-25-20(24)12-16/h5,7,11-13,17H,2-4,6,8-10,14H2,1H3,(H2,24,25)(H,26,29). The molecule has 0 bridgehead atoms. The van der Waals surface area contributed by atoms with Crippen LogP contribution in [0.1, 0.15) is 53.5 Å². The monoisotopic (exact) mass is 432 g/mol. The maximum absolute atomic E-state index is 13.3. The van der Waals surface area contributed by atoms with Crippen LogP contribution in [0.4, 0.5) is 11.8 Å². The number of nitrogens with one attached hydrogen (secondary N) is 1. The van der Waals surface area contributed by atoms with Crippen LogP contribution < -0.4 is 10.6 Å². The highest BCUT2D eigenvalue weighted by Crippen LogP contribution is 2.34. The molecule has 5 heterocycles. The third-order valence-corrected chi connectivity index (χ3v) is 6.35. The van der Waals surface area contributed by atoms with Gasteiger partial charge in [0, 0.05) is 55.2 Å². The summed E-state index contributed by atoms with van der Waals surface area (Å²) in [5, 5.41) is 7.40. The van der Waals surface area contributed by atoms with Gasteiger partial charge in [-0.05, 0) is 56.4 Å². The molecule has 0 aliphatic carbocycles. The summed E-state index contributed by atoms with van der Waals surface area (Å²) in [5.74, 6) is 1.29. The zero-order valence-electron chi connectivity index (χ0n) is 18.3. The number of anilines is 2. The predicted molar refractivity (Wildman–Crippen MR) is 122 cm³/mol. The molecule has 0 aromatic carbocycles. The van der Waals surface area contributed by atoms with Crippen molar-refractivity contribution in [2.24, 2.45) is 0 Å². The summed E-state index contributed by atoms with van der Waals surface area (Å²) in [5.41, 5.74) is 10.2.